The Balaban J connectivity index is 0.602. The second-order valence-corrected chi connectivity index (χ2v) is 23.4. The number of imide groups is 1. The van der Waals surface area contributed by atoms with Crippen molar-refractivity contribution >= 4 is 52.2 Å². The summed E-state index contributed by atoms with van der Waals surface area (Å²) >= 11 is 0. The maximum absolute atomic E-state index is 14.6. The molecule has 3 aliphatic heterocycles. The lowest BCUT2D eigenvalue weighted by Crippen LogP contribution is -2.52. The molecule has 85 heavy (non-hydrogen) atoms. The minimum atomic E-state index is -0.900. The van der Waals surface area contributed by atoms with E-state index < -0.39 is 42.1 Å². The molecule has 0 spiro atoms. The molecule has 1 fully saturated rings. The molecule has 17 heteroatoms. The summed E-state index contributed by atoms with van der Waals surface area (Å²) in [5.74, 6) is -2.14. The number of anilines is 1. The Morgan fingerprint density at radius 3 is 2.04 bits per heavy atom. The van der Waals surface area contributed by atoms with Gasteiger partial charge in [-0.1, -0.05) is 116 Å². The van der Waals surface area contributed by atoms with E-state index in [0.29, 0.717) is 57.4 Å². The molecule has 5 atom stereocenters. The van der Waals surface area contributed by atoms with Crippen LogP contribution in [0, 0.1) is 5.92 Å². The lowest BCUT2D eigenvalue weighted by Gasteiger charge is -2.30. The summed E-state index contributed by atoms with van der Waals surface area (Å²) < 4.78 is 27.2. The van der Waals surface area contributed by atoms with Crippen LogP contribution in [0.3, 0.4) is 0 Å². The van der Waals surface area contributed by atoms with Crippen molar-refractivity contribution in [3.63, 3.8) is 0 Å². The van der Waals surface area contributed by atoms with Gasteiger partial charge in [0.05, 0.1) is 35.5 Å². The molecule has 0 bridgehead atoms. The predicted molar refractivity (Wildman–Crippen MR) is 324 cm³/mol. The monoisotopic (exact) mass is 1160 g/mol. The summed E-state index contributed by atoms with van der Waals surface area (Å²) in [7, 11) is 1.71. The first kappa shape index (κ1) is 60.4. The number of nitrogens with two attached hydrogens (primary N) is 1. The van der Waals surface area contributed by atoms with Gasteiger partial charge in [-0.2, -0.15) is 0 Å². The zero-order chi connectivity index (χ0) is 59.4. The topological polar surface area (TPSA) is 220 Å². The number of carbonyl (C=O) groups is 6. The number of aromatic nitrogens is 2. The maximum Gasteiger partial charge on any atom is 0.407 e. The first-order valence-electron chi connectivity index (χ1n) is 30.6. The minimum absolute atomic E-state index is 0.0820. The van der Waals surface area contributed by atoms with Crippen LogP contribution in [-0.4, -0.2) is 95.9 Å². The Morgan fingerprint density at radius 1 is 0.706 bits per heavy atom. The van der Waals surface area contributed by atoms with Crippen LogP contribution in [0.15, 0.2) is 114 Å². The number of rotatable bonds is 30. The summed E-state index contributed by atoms with van der Waals surface area (Å²) in [6, 6.07) is 34.0. The van der Waals surface area contributed by atoms with Gasteiger partial charge in [0.2, 0.25) is 23.6 Å². The summed E-state index contributed by atoms with van der Waals surface area (Å²) in [6.45, 7) is 5.19. The van der Waals surface area contributed by atoms with Crippen LogP contribution < -0.4 is 27.0 Å². The number of nitrogens with zero attached hydrogens (tertiary/aromatic N) is 3. The number of para-hydroxylation sites is 1. The van der Waals surface area contributed by atoms with Gasteiger partial charge in [0, 0.05) is 65.1 Å². The lowest BCUT2D eigenvalue weighted by molar-refractivity contribution is -0.135. The van der Waals surface area contributed by atoms with E-state index >= 15 is 0 Å². The maximum atomic E-state index is 14.6. The molecule has 0 radical (unpaired) electrons. The van der Waals surface area contributed by atoms with E-state index in [1.165, 1.54) is 10.1 Å². The summed E-state index contributed by atoms with van der Waals surface area (Å²) in [6.07, 6.45) is 10.1. The number of ether oxygens (including phenoxy) is 4. The van der Waals surface area contributed by atoms with Gasteiger partial charge in [-0.3, -0.25) is 43.3 Å². The third-order valence-corrected chi connectivity index (χ3v) is 17.6. The van der Waals surface area contributed by atoms with Crippen LogP contribution in [0.5, 0.6) is 0 Å². The Bertz CT molecular complexity index is 3400. The molecule has 4 aliphatic rings. The second-order valence-electron chi connectivity index (χ2n) is 23.4. The van der Waals surface area contributed by atoms with E-state index in [4.69, 9.17) is 24.7 Å². The molecule has 1 saturated heterocycles. The molecular weight excluding hydrogens is 1080 g/mol. The van der Waals surface area contributed by atoms with Crippen molar-refractivity contribution in [3.05, 3.63) is 159 Å². The highest BCUT2D eigenvalue weighted by Gasteiger charge is 2.45. The number of hydrogen-bond acceptors (Lipinski definition) is 11. The van der Waals surface area contributed by atoms with Crippen LogP contribution in [0.2, 0.25) is 0 Å². The van der Waals surface area contributed by atoms with Crippen molar-refractivity contribution in [2.24, 2.45) is 18.7 Å². The van der Waals surface area contributed by atoms with Gasteiger partial charge >= 0.3 is 11.8 Å². The fourth-order valence-electron chi connectivity index (χ4n) is 12.9. The number of fused-ring (bicyclic) bond motifs is 4. The molecule has 4 heterocycles. The van der Waals surface area contributed by atoms with Gasteiger partial charge in [0.1, 0.15) is 18.7 Å². The highest BCUT2D eigenvalue weighted by Crippen LogP contribution is 2.45. The highest BCUT2D eigenvalue weighted by atomic mass is 16.5. The largest absolute Gasteiger partial charge is 0.449 e. The van der Waals surface area contributed by atoms with E-state index in [1.54, 1.807) is 16.5 Å². The summed E-state index contributed by atoms with van der Waals surface area (Å²) in [5.41, 5.74) is 17.2. The van der Waals surface area contributed by atoms with Gasteiger partial charge in [0.15, 0.2) is 5.78 Å². The predicted octanol–water partition coefficient (Wildman–Crippen LogP) is 9.42. The van der Waals surface area contributed by atoms with Crippen LogP contribution in [0.4, 0.5) is 10.5 Å². The van der Waals surface area contributed by atoms with Crippen LogP contribution >= 0.6 is 0 Å². The van der Waals surface area contributed by atoms with Crippen LogP contribution in [0.1, 0.15) is 141 Å². The van der Waals surface area contributed by atoms with Crippen molar-refractivity contribution in [1.82, 2.24) is 19.8 Å². The number of aryl methyl sites for hydroxylation is 4. The first-order valence-corrected chi connectivity index (χ1v) is 30.6. The number of hydrogen-bond donors (Lipinski definition) is 3. The van der Waals surface area contributed by atoms with Gasteiger partial charge < -0.3 is 30.0 Å². The number of benzene rings is 5. The molecule has 5 aromatic carbocycles. The molecule has 10 rings (SSSR count). The second kappa shape index (κ2) is 28.4. The number of piperidine rings is 1. The minimum Gasteiger partial charge on any atom is -0.449 e. The first-order chi connectivity index (χ1) is 41.3. The van der Waals surface area contributed by atoms with Gasteiger partial charge in [-0.15, -0.1) is 0 Å². The fourth-order valence-corrected chi connectivity index (χ4v) is 12.9. The van der Waals surface area contributed by atoms with E-state index in [0.717, 1.165) is 127 Å². The Labute approximate surface area is 496 Å². The van der Waals surface area contributed by atoms with E-state index in [-0.39, 0.29) is 61.0 Å². The zero-order valence-electron chi connectivity index (χ0n) is 49.0. The van der Waals surface area contributed by atoms with E-state index in [1.807, 2.05) is 67.6 Å². The van der Waals surface area contributed by atoms with Crippen molar-refractivity contribution in [2.45, 2.75) is 153 Å². The molecule has 1 aliphatic carbocycles. The smallest absolute Gasteiger partial charge is 0.407 e. The molecule has 5 amide bonds. The number of alkyl carbamates (subject to hydrolysis) is 1. The molecule has 0 saturated carbocycles. The molecule has 17 nitrogen and oxygen atoms in total. The molecular formula is C68H80N6O11. The molecule has 6 aromatic rings. The SMILES string of the molecule is C[C@@H](OCc1ccc(CCCOCCCCCCCOCCCc2ccc3c(c2)n(C)c(=O)n3C2CCC(=O)NC2=O)cc1)[C@H](CCC(N)=O)CC(=O)[C@@H]1Cc2cccc3c2N1C(=O)[C@@H](NC(=O)OCC1c2ccccc2-c2ccccc21)CC3. The average Bonchev–Trinajstić information content (AvgIpc) is 2.20. The van der Waals surface area contributed by atoms with Crippen molar-refractivity contribution in [2.75, 3.05) is 37.9 Å². The van der Waals surface area contributed by atoms with Crippen LogP contribution in [0.25, 0.3) is 22.2 Å². The normalized spacial score (nSPS) is 17.9. The number of Topliss-reactive ketones (excluding diaryl/α,β-unsaturated/α-hetero) is 1. The van der Waals surface area contributed by atoms with Crippen molar-refractivity contribution in [1.29, 1.82) is 0 Å². The summed E-state index contributed by atoms with van der Waals surface area (Å²) in [4.78, 5) is 93.6. The van der Waals surface area contributed by atoms with E-state index in [9.17, 15) is 33.6 Å². The molecule has 1 aromatic heterocycles. The number of imidazole rings is 1. The van der Waals surface area contributed by atoms with Crippen LogP contribution in [-0.2, 0) is 82.3 Å². The molecule has 4 N–H and O–H groups in total. The number of nitrogens with one attached hydrogen (secondary N) is 2. The average molecular weight is 1160 g/mol. The molecule has 1 unspecified atom stereocenters. The third-order valence-electron chi connectivity index (χ3n) is 17.6. The lowest BCUT2D eigenvalue weighted by atomic mass is 9.89. The number of ketones is 1. The number of amides is 5. The van der Waals surface area contributed by atoms with Gasteiger partial charge in [0.25, 0.3) is 0 Å². The Kier molecular flexibility index (Phi) is 20.2. The number of carbonyl (C=O) groups excluding carboxylic acids is 6. The van der Waals surface area contributed by atoms with E-state index in [2.05, 4.69) is 59.2 Å². The number of primary amides is 1. The van der Waals surface area contributed by atoms with Gasteiger partial charge in [-0.05, 0) is 139 Å². The van der Waals surface area contributed by atoms with Crippen molar-refractivity contribution in [3.8, 4) is 11.1 Å². The number of unbranched alkanes of at least 4 members (excludes halogenated alkanes) is 4. The fraction of sp³-hybridized carbons (Fsp3) is 0.456. The third kappa shape index (κ3) is 14.5. The highest BCUT2D eigenvalue weighted by molar-refractivity contribution is 6.08. The van der Waals surface area contributed by atoms with Gasteiger partial charge in [-0.25, -0.2) is 9.59 Å². The Hall–Kier alpha value is -7.73. The van der Waals surface area contributed by atoms with Crippen molar-refractivity contribution < 1.29 is 47.7 Å². The Morgan fingerprint density at radius 2 is 1.34 bits per heavy atom. The standard InChI is InChI=1S/C68H80N6O11/c1-44(84-42-47-25-23-45(24-26-47)15-13-37-82-35-10-4-3-5-11-36-83-38-14-16-46-27-31-57-59(39-46)72(2)68(81)73(57)58-32-34-63(77)71-65(58)78)49(29-33-62(69)76)41-61(75)60-40-50-18-12-17-48-28-30-56(66(79)74(60)64(48)50)70-67(80)85-43-55-53-21-8-6-19-51(53)52-20-7-9-22-54(52)55/h6-9,12,17-27,31,39,44,49,55-56,58,60H,3-5,10-11,13-16,28-30,32-38,40-43H2,1-2H3,(H2,69,76)(H,70,80)(H,71,77,78)/t44-,49-,56+,58?,60+/m1/s1. The molecule has 448 valence electrons. The summed E-state index contributed by atoms with van der Waals surface area (Å²) in [5, 5.41) is 5.23. The zero-order valence-corrected chi connectivity index (χ0v) is 49.0. The quantitative estimate of drug-likeness (QED) is 0.0285.